The van der Waals surface area contributed by atoms with E-state index in [4.69, 9.17) is 0 Å². The number of benzene rings is 1. The van der Waals surface area contributed by atoms with E-state index in [1.165, 1.54) is 10.5 Å². The van der Waals surface area contributed by atoms with Gasteiger partial charge in [0.25, 0.3) is 0 Å². The Morgan fingerprint density at radius 1 is 1.50 bits per heavy atom. The largest absolute Gasteiger partial charge is 0.0981 e. The smallest absolute Gasteiger partial charge is 0.0151 e. The van der Waals surface area contributed by atoms with E-state index in [0.29, 0.717) is 0 Å². The molecule has 2 rings (SSSR count). The van der Waals surface area contributed by atoms with Gasteiger partial charge in [0.15, 0.2) is 0 Å². The summed E-state index contributed by atoms with van der Waals surface area (Å²) in [6.07, 6.45) is 3.25. The molecule has 0 saturated heterocycles. The van der Waals surface area contributed by atoms with Crippen LogP contribution in [-0.4, -0.2) is 0 Å². The third-order valence-corrected chi connectivity index (χ3v) is 2.51. The molecule has 0 spiro atoms. The van der Waals surface area contributed by atoms with Crippen LogP contribution in [0.1, 0.15) is 5.56 Å². The Morgan fingerprint density at radius 2 is 2.50 bits per heavy atom. The number of rotatable bonds is 0. The summed E-state index contributed by atoms with van der Waals surface area (Å²) in [5, 5.41) is 2.14. The van der Waals surface area contributed by atoms with Crippen molar-refractivity contribution in [3.05, 3.63) is 41.3 Å². The van der Waals surface area contributed by atoms with Crippen molar-refractivity contribution >= 4 is 11.8 Å². The molecule has 1 radical (unpaired) electrons. The quantitative estimate of drug-likeness (QED) is 0.543. The summed E-state index contributed by atoms with van der Waals surface area (Å²) in [6, 6.07) is 9.21. The van der Waals surface area contributed by atoms with E-state index in [2.05, 4.69) is 29.7 Å². The lowest BCUT2D eigenvalue weighted by atomic mass is 10.1. The molecule has 0 unspecified atom stereocenters. The van der Waals surface area contributed by atoms with Crippen molar-refractivity contribution in [2.75, 3.05) is 0 Å². The van der Waals surface area contributed by atoms with Crippen LogP contribution < -0.4 is 0 Å². The highest BCUT2D eigenvalue weighted by atomic mass is 32.2. The van der Waals surface area contributed by atoms with Gasteiger partial charge in [0, 0.05) is 4.90 Å². The highest BCUT2D eigenvalue weighted by molar-refractivity contribution is 8.02. The van der Waals surface area contributed by atoms with Crippen LogP contribution in [0.3, 0.4) is 0 Å². The van der Waals surface area contributed by atoms with Gasteiger partial charge in [-0.2, -0.15) is 0 Å². The summed E-state index contributed by atoms with van der Waals surface area (Å²) in [4.78, 5) is 1.38. The van der Waals surface area contributed by atoms with Gasteiger partial charge in [0.05, 0.1) is 0 Å². The lowest BCUT2D eigenvalue weighted by Crippen LogP contribution is -1.87. The van der Waals surface area contributed by atoms with Crippen molar-refractivity contribution in [3.8, 4) is 0 Å². The molecule has 1 aromatic rings. The molecule has 0 atom stereocenters. The van der Waals surface area contributed by atoms with E-state index in [0.717, 1.165) is 6.42 Å². The molecular weight excluding hydrogens is 140 g/mol. The zero-order valence-electron chi connectivity index (χ0n) is 5.50. The molecule has 1 aromatic carbocycles. The summed E-state index contributed by atoms with van der Waals surface area (Å²) in [5.74, 6) is 0. The van der Waals surface area contributed by atoms with Crippen molar-refractivity contribution in [2.45, 2.75) is 11.3 Å². The van der Waals surface area contributed by atoms with Crippen LogP contribution in [0, 0.1) is 6.07 Å². The predicted molar refractivity (Wildman–Crippen MR) is 44.0 cm³/mol. The maximum Gasteiger partial charge on any atom is 0.0151 e. The Labute approximate surface area is 65.0 Å². The molecule has 0 amide bonds. The van der Waals surface area contributed by atoms with E-state index in [-0.39, 0.29) is 0 Å². The van der Waals surface area contributed by atoms with Gasteiger partial charge in [-0.3, -0.25) is 0 Å². The van der Waals surface area contributed by atoms with E-state index in [9.17, 15) is 0 Å². The minimum absolute atomic E-state index is 1.07. The molecule has 1 heteroatoms. The molecule has 0 bridgehead atoms. The summed E-state index contributed by atoms with van der Waals surface area (Å²) < 4.78 is 0. The van der Waals surface area contributed by atoms with Gasteiger partial charge in [-0.05, 0) is 35.6 Å². The molecule has 0 aliphatic carbocycles. The second-order valence-corrected chi connectivity index (χ2v) is 3.18. The van der Waals surface area contributed by atoms with Crippen molar-refractivity contribution in [3.63, 3.8) is 0 Å². The van der Waals surface area contributed by atoms with Gasteiger partial charge in [0.2, 0.25) is 0 Å². The van der Waals surface area contributed by atoms with Crippen molar-refractivity contribution in [1.82, 2.24) is 0 Å². The van der Waals surface area contributed by atoms with E-state index >= 15 is 0 Å². The molecule has 1 aliphatic heterocycles. The van der Waals surface area contributed by atoms with Crippen LogP contribution in [0.25, 0.3) is 0 Å². The maximum absolute atomic E-state index is 3.07. The van der Waals surface area contributed by atoms with Crippen LogP contribution >= 0.6 is 11.8 Å². The van der Waals surface area contributed by atoms with E-state index < -0.39 is 0 Å². The normalized spacial score (nSPS) is 14.8. The molecular formula is C9H7S. The molecule has 1 aliphatic rings. The van der Waals surface area contributed by atoms with Gasteiger partial charge in [-0.15, -0.1) is 0 Å². The number of thioether (sulfide) groups is 1. The summed E-state index contributed by atoms with van der Waals surface area (Å²) in [5.41, 5.74) is 1.40. The predicted octanol–water partition coefficient (Wildman–Crippen LogP) is 2.65. The highest BCUT2D eigenvalue weighted by Crippen LogP contribution is 2.27. The van der Waals surface area contributed by atoms with Gasteiger partial charge in [-0.25, -0.2) is 0 Å². The Bertz CT molecular complexity index is 236. The third kappa shape index (κ3) is 0.971. The Hall–Kier alpha value is -0.690. The first-order chi connectivity index (χ1) is 4.97. The standard InChI is InChI=1S/C9H7S/c1-2-6-9-8(4-1)5-3-7-10-9/h2-4,6-7H,5H2. The second-order valence-electron chi connectivity index (χ2n) is 2.23. The Kier molecular flexibility index (Phi) is 1.52. The fraction of sp³-hybridized carbons (Fsp3) is 0.111. The third-order valence-electron chi connectivity index (χ3n) is 1.53. The van der Waals surface area contributed by atoms with E-state index in [1.54, 1.807) is 11.8 Å². The molecule has 0 N–H and O–H groups in total. The van der Waals surface area contributed by atoms with Gasteiger partial charge in [-0.1, -0.05) is 23.9 Å². The number of hydrogen-bond donors (Lipinski definition) is 0. The highest BCUT2D eigenvalue weighted by Gasteiger charge is 2.01. The summed E-state index contributed by atoms with van der Waals surface area (Å²) >= 11 is 1.79. The van der Waals surface area contributed by atoms with Crippen molar-refractivity contribution in [2.24, 2.45) is 0 Å². The van der Waals surface area contributed by atoms with Crippen LogP contribution in [0.4, 0.5) is 0 Å². The molecule has 1 heterocycles. The van der Waals surface area contributed by atoms with Crippen molar-refractivity contribution < 1.29 is 0 Å². The molecule has 0 fully saturated rings. The zero-order valence-corrected chi connectivity index (χ0v) is 6.32. The topological polar surface area (TPSA) is 0 Å². The van der Waals surface area contributed by atoms with Crippen LogP contribution in [0.5, 0.6) is 0 Å². The Morgan fingerprint density at radius 3 is 3.40 bits per heavy atom. The number of hydrogen-bond acceptors (Lipinski definition) is 1. The zero-order chi connectivity index (χ0) is 6.81. The lowest BCUT2D eigenvalue weighted by Gasteiger charge is -2.07. The van der Waals surface area contributed by atoms with Crippen molar-refractivity contribution in [1.29, 1.82) is 0 Å². The van der Waals surface area contributed by atoms with Crippen LogP contribution in [0.15, 0.2) is 34.6 Å². The first-order valence-electron chi connectivity index (χ1n) is 3.27. The molecule has 0 nitrogen and oxygen atoms in total. The Balaban J connectivity index is 2.47. The summed E-state index contributed by atoms with van der Waals surface area (Å²) in [7, 11) is 0. The number of allylic oxidation sites excluding steroid dienone is 1. The van der Waals surface area contributed by atoms with E-state index in [1.807, 2.05) is 6.07 Å². The summed E-state index contributed by atoms with van der Waals surface area (Å²) in [6.45, 7) is 0. The maximum atomic E-state index is 3.07. The average molecular weight is 147 g/mol. The first kappa shape index (κ1) is 6.05. The van der Waals surface area contributed by atoms with Gasteiger partial charge in [0.1, 0.15) is 0 Å². The SMILES string of the molecule is [c]1ccc2c(c1)CC=CS2. The van der Waals surface area contributed by atoms with Gasteiger partial charge < -0.3 is 0 Å². The van der Waals surface area contributed by atoms with Crippen LogP contribution in [0.2, 0.25) is 0 Å². The number of fused-ring (bicyclic) bond motifs is 1. The lowest BCUT2D eigenvalue weighted by molar-refractivity contribution is 1.17. The molecule has 10 heavy (non-hydrogen) atoms. The van der Waals surface area contributed by atoms with Crippen LogP contribution in [-0.2, 0) is 6.42 Å². The fourth-order valence-corrected chi connectivity index (χ4v) is 1.80. The minimum atomic E-state index is 1.07. The molecule has 49 valence electrons. The molecule has 0 aromatic heterocycles. The minimum Gasteiger partial charge on any atom is -0.0981 e. The monoisotopic (exact) mass is 147 g/mol. The van der Waals surface area contributed by atoms with Gasteiger partial charge >= 0.3 is 0 Å². The second kappa shape index (κ2) is 2.51. The molecule has 0 saturated carbocycles. The first-order valence-corrected chi connectivity index (χ1v) is 4.15. The fourth-order valence-electron chi connectivity index (χ4n) is 1.02. The average Bonchev–Trinajstić information content (AvgIpc) is 2.05.